The van der Waals surface area contributed by atoms with E-state index in [1.807, 2.05) is 12.1 Å². The van der Waals surface area contributed by atoms with Gasteiger partial charge >= 0.3 is 6.18 Å². The van der Waals surface area contributed by atoms with Crippen molar-refractivity contribution in [3.63, 3.8) is 0 Å². The Hall–Kier alpha value is -3.48. The minimum atomic E-state index is -4.74. The average molecular weight is 618 g/mol. The number of ether oxygens (including phenoxy) is 2. The van der Waals surface area contributed by atoms with Crippen LogP contribution in [0.3, 0.4) is 0 Å². The second-order valence-corrected chi connectivity index (χ2v) is 11.0. The van der Waals surface area contributed by atoms with Crippen LogP contribution in [0, 0.1) is 0 Å². The first-order valence-electron chi connectivity index (χ1n) is 11.6. The zero-order valence-electron chi connectivity index (χ0n) is 21.2. The average Bonchev–Trinajstić information content (AvgIpc) is 2.86. The van der Waals surface area contributed by atoms with Crippen LogP contribution >= 0.6 is 23.2 Å². The number of amides is 1. The van der Waals surface area contributed by atoms with Crippen LogP contribution in [0.15, 0.2) is 65.8 Å². The van der Waals surface area contributed by atoms with Crippen molar-refractivity contribution in [1.29, 1.82) is 0 Å². The van der Waals surface area contributed by atoms with E-state index in [1.54, 1.807) is 37.3 Å². The van der Waals surface area contributed by atoms with Gasteiger partial charge in [0.2, 0.25) is 10.0 Å². The number of anilines is 1. The first-order chi connectivity index (χ1) is 18.8. The first-order valence-corrected chi connectivity index (χ1v) is 14.2. The molecule has 0 aliphatic carbocycles. The predicted octanol–water partition coefficient (Wildman–Crippen LogP) is 5.91. The summed E-state index contributed by atoms with van der Waals surface area (Å²) in [6.45, 7) is 1.53. The molecule has 0 radical (unpaired) electrons. The first kappa shape index (κ1) is 31.1. The highest BCUT2D eigenvalue weighted by molar-refractivity contribution is 7.92. The Bertz CT molecular complexity index is 1500. The summed E-state index contributed by atoms with van der Waals surface area (Å²) in [5.41, 5.74) is 1.92. The molecule has 8 nitrogen and oxygen atoms in total. The maximum atomic E-state index is 13.2. The Morgan fingerprint density at radius 3 is 2.45 bits per heavy atom. The Balaban J connectivity index is 1.71. The number of nitrogens with zero attached hydrogens (tertiary/aromatic N) is 2. The Labute approximate surface area is 239 Å². The fourth-order valence-corrected chi connectivity index (χ4v) is 4.73. The van der Waals surface area contributed by atoms with Gasteiger partial charge in [0.05, 0.1) is 35.4 Å². The summed E-state index contributed by atoms with van der Waals surface area (Å²) in [7, 11) is -4.19. The van der Waals surface area contributed by atoms with Crippen molar-refractivity contribution in [3.8, 4) is 11.5 Å². The second-order valence-electron chi connectivity index (χ2n) is 8.28. The molecule has 214 valence electrons. The van der Waals surface area contributed by atoms with Crippen LogP contribution in [0.25, 0.3) is 0 Å². The fourth-order valence-electron chi connectivity index (χ4n) is 3.39. The van der Waals surface area contributed by atoms with Gasteiger partial charge in [-0.2, -0.15) is 18.3 Å². The third-order valence-electron chi connectivity index (χ3n) is 5.18. The van der Waals surface area contributed by atoms with Gasteiger partial charge in [0.1, 0.15) is 13.2 Å². The smallest absolute Gasteiger partial charge is 0.416 e. The van der Waals surface area contributed by atoms with Crippen molar-refractivity contribution in [2.45, 2.75) is 19.7 Å². The van der Waals surface area contributed by atoms with E-state index in [9.17, 15) is 26.4 Å². The van der Waals surface area contributed by atoms with Crippen LogP contribution in [0.5, 0.6) is 11.5 Å². The standard InChI is InChI=1S/C26H24Cl2F3N3O5S/c1-3-38-24-12-17(7-10-23(24)39-16-18-5-4-6-20(27)11-18)14-32-33-25(35)15-34(40(2,36)37)22-13-19(26(29,30)31)8-9-21(22)28/h4-14H,3,15-16H2,1-2H3,(H,33,35)/b32-14-. The summed E-state index contributed by atoms with van der Waals surface area (Å²) in [5.74, 6) is -0.0336. The number of carbonyl (C=O) groups is 1. The van der Waals surface area contributed by atoms with Gasteiger partial charge in [-0.3, -0.25) is 9.10 Å². The van der Waals surface area contributed by atoms with Gasteiger partial charge in [-0.25, -0.2) is 13.8 Å². The van der Waals surface area contributed by atoms with Crippen LogP contribution in [-0.2, 0) is 27.6 Å². The van der Waals surface area contributed by atoms with Crippen LogP contribution < -0.4 is 19.2 Å². The molecule has 1 N–H and O–H groups in total. The molecule has 0 bridgehead atoms. The SMILES string of the molecule is CCOc1cc(/C=N\NC(=O)CN(c2cc(C(F)(F)F)ccc2Cl)S(C)(=O)=O)ccc1OCc1cccc(Cl)c1. The number of sulfonamides is 1. The van der Waals surface area contributed by atoms with Crippen molar-refractivity contribution in [3.05, 3.63) is 87.4 Å². The summed E-state index contributed by atoms with van der Waals surface area (Å²) in [6, 6.07) is 14.3. The number of carbonyl (C=O) groups excluding carboxylic acids is 1. The topological polar surface area (TPSA) is 97.3 Å². The molecule has 0 aromatic heterocycles. The summed E-state index contributed by atoms with van der Waals surface area (Å²) in [4.78, 5) is 12.5. The summed E-state index contributed by atoms with van der Waals surface area (Å²) < 4.78 is 76.0. The summed E-state index contributed by atoms with van der Waals surface area (Å²) in [6.07, 6.45) is -2.72. The highest BCUT2D eigenvalue weighted by Crippen LogP contribution is 2.36. The lowest BCUT2D eigenvalue weighted by Gasteiger charge is -2.23. The lowest BCUT2D eigenvalue weighted by Crippen LogP contribution is -2.39. The molecule has 0 fully saturated rings. The minimum Gasteiger partial charge on any atom is -0.490 e. The van der Waals surface area contributed by atoms with Crippen LogP contribution in [-0.4, -0.2) is 39.9 Å². The van der Waals surface area contributed by atoms with E-state index in [0.717, 1.165) is 17.9 Å². The third kappa shape index (κ3) is 8.77. The Morgan fingerprint density at radius 2 is 1.80 bits per heavy atom. The van der Waals surface area contributed by atoms with Crippen molar-refractivity contribution in [1.82, 2.24) is 5.43 Å². The number of hydrogen-bond donors (Lipinski definition) is 1. The lowest BCUT2D eigenvalue weighted by molar-refractivity contribution is -0.137. The normalized spacial score (nSPS) is 11.9. The maximum absolute atomic E-state index is 13.2. The molecule has 3 rings (SSSR count). The molecule has 0 heterocycles. The minimum absolute atomic E-state index is 0.247. The van der Waals surface area contributed by atoms with E-state index in [-0.39, 0.29) is 11.6 Å². The predicted molar refractivity (Wildman–Crippen MR) is 148 cm³/mol. The molecular formula is C26H24Cl2F3N3O5S. The van der Waals surface area contributed by atoms with Crippen molar-refractivity contribution in [2.75, 3.05) is 23.7 Å². The van der Waals surface area contributed by atoms with E-state index >= 15 is 0 Å². The number of nitrogens with one attached hydrogen (secondary N) is 1. The van der Waals surface area contributed by atoms with Crippen LogP contribution in [0.2, 0.25) is 10.0 Å². The molecule has 40 heavy (non-hydrogen) atoms. The van der Waals surface area contributed by atoms with Gasteiger partial charge < -0.3 is 9.47 Å². The van der Waals surface area contributed by atoms with E-state index in [1.165, 1.54) is 6.21 Å². The molecule has 0 saturated carbocycles. The maximum Gasteiger partial charge on any atom is 0.416 e. The zero-order chi connectivity index (χ0) is 29.5. The summed E-state index contributed by atoms with van der Waals surface area (Å²) >= 11 is 12.0. The molecule has 0 aliphatic heterocycles. The highest BCUT2D eigenvalue weighted by atomic mass is 35.5. The molecule has 3 aromatic rings. The van der Waals surface area contributed by atoms with Gasteiger partial charge in [0, 0.05) is 5.02 Å². The number of hydrogen-bond acceptors (Lipinski definition) is 6. The Kier molecular flexibility index (Phi) is 10.3. The van der Waals surface area contributed by atoms with Gasteiger partial charge in [-0.15, -0.1) is 0 Å². The molecule has 0 aliphatic rings. The summed E-state index contributed by atoms with van der Waals surface area (Å²) in [5, 5.41) is 4.11. The van der Waals surface area contributed by atoms with E-state index in [4.69, 9.17) is 32.7 Å². The van der Waals surface area contributed by atoms with Crippen molar-refractivity contribution >= 4 is 51.0 Å². The molecule has 0 atom stereocenters. The van der Waals surface area contributed by atoms with E-state index < -0.39 is 39.9 Å². The largest absolute Gasteiger partial charge is 0.490 e. The fraction of sp³-hybridized carbons (Fsp3) is 0.231. The number of benzene rings is 3. The number of rotatable bonds is 11. The van der Waals surface area contributed by atoms with Gasteiger partial charge in [0.25, 0.3) is 5.91 Å². The molecular weight excluding hydrogens is 594 g/mol. The monoisotopic (exact) mass is 617 g/mol. The van der Waals surface area contributed by atoms with Gasteiger partial charge in [-0.05, 0) is 66.6 Å². The molecule has 0 saturated heterocycles. The lowest BCUT2D eigenvalue weighted by atomic mass is 10.2. The van der Waals surface area contributed by atoms with Gasteiger partial charge in [0.15, 0.2) is 11.5 Å². The molecule has 0 unspecified atom stereocenters. The van der Waals surface area contributed by atoms with Crippen molar-refractivity contribution in [2.24, 2.45) is 5.10 Å². The molecule has 1 amide bonds. The van der Waals surface area contributed by atoms with E-state index in [0.29, 0.717) is 45.1 Å². The quantitative estimate of drug-likeness (QED) is 0.213. The van der Waals surface area contributed by atoms with Crippen LogP contribution in [0.1, 0.15) is 23.6 Å². The zero-order valence-corrected chi connectivity index (χ0v) is 23.5. The second kappa shape index (κ2) is 13.2. The van der Waals surface area contributed by atoms with Crippen LogP contribution in [0.4, 0.5) is 18.9 Å². The number of halogens is 5. The number of hydrazone groups is 1. The molecule has 0 spiro atoms. The number of alkyl halides is 3. The third-order valence-corrected chi connectivity index (χ3v) is 6.86. The Morgan fingerprint density at radius 1 is 1.05 bits per heavy atom. The van der Waals surface area contributed by atoms with E-state index in [2.05, 4.69) is 10.5 Å². The molecule has 3 aromatic carbocycles. The molecule has 14 heteroatoms. The highest BCUT2D eigenvalue weighted by Gasteiger charge is 2.33. The van der Waals surface area contributed by atoms with Gasteiger partial charge in [-0.1, -0.05) is 35.3 Å². The van der Waals surface area contributed by atoms with Crippen molar-refractivity contribution < 1.29 is 35.9 Å².